The van der Waals surface area contributed by atoms with Crippen molar-refractivity contribution in [2.75, 3.05) is 0 Å². The first-order valence-corrected chi connectivity index (χ1v) is 5.75. The molecule has 18 heavy (non-hydrogen) atoms. The van der Waals surface area contributed by atoms with E-state index in [0.29, 0.717) is 11.5 Å². The fraction of sp³-hybridized carbons (Fsp3) is 0.231. The lowest BCUT2D eigenvalue weighted by Crippen LogP contribution is -2.12. The molecule has 0 unspecified atom stereocenters. The minimum atomic E-state index is 0.102. The first-order valence-electron chi connectivity index (χ1n) is 5.75. The standard InChI is InChI=1S/C13H16N4O/c1-9(2)12-7-8-17(15-12)11-5-3-10(4-6-11)13(14)16-18/h3-9,18H,1-2H3,(H2,14,16). The molecule has 0 spiro atoms. The quantitative estimate of drug-likeness (QED) is 0.375. The molecule has 5 nitrogen and oxygen atoms in total. The number of nitrogens with two attached hydrogens (primary N) is 1. The van der Waals surface area contributed by atoms with Gasteiger partial charge in [-0.3, -0.25) is 0 Å². The maximum Gasteiger partial charge on any atom is 0.170 e. The summed E-state index contributed by atoms with van der Waals surface area (Å²) < 4.78 is 1.81. The van der Waals surface area contributed by atoms with Crippen molar-refractivity contribution < 1.29 is 5.21 Å². The van der Waals surface area contributed by atoms with E-state index in [2.05, 4.69) is 24.1 Å². The molecular formula is C13H16N4O. The van der Waals surface area contributed by atoms with E-state index in [1.165, 1.54) is 0 Å². The molecule has 0 saturated carbocycles. The Labute approximate surface area is 106 Å². The maximum absolute atomic E-state index is 8.58. The Morgan fingerprint density at radius 1 is 1.28 bits per heavy atom. The van der Waals surface area contributed by atoms with Gasteiger partial charge in [0, 0.05) is 11.8 Å². The Balaban J connectivity index is 2.28. The van der Waals surface area contributed by atoms with Gasteiger partial charge in [0.05, 0.1) is 11.4 Å². The van der Waals surface area contributed by atoms with Crippen LogP contribution in [0.4, 0.5) is 0 Å². The third-order valence-electron chi connectivity index (χ3n) is 2.74. The number of rotatable bonds is 3. The van der Waals surface area contributed by atoms with Gasteiger partial charge in [0.25, 0.3) is 0 Å². The SMILES string of the molecule is CC(C)c1ccn(-c2ccc(C(N)=NO)cc2)n1. The molecule has 1 aromatic carbocycles. The molecule has 3 N–H and O–H groups in total. The summed E-state index contributed by atoms with van der Waals surface area (Å²) in [5.74, 6) is 0.507. The molecule has 0 bridgehead atoms. The van der Waals surface area contributed by atoms with Crippen molar-refractivity contribution in [3.8, 4) is 5.69 Å². The number of hydrogen-bond acceptors (Lipinski definition) is 3. The summed E-state index contributed by atoms with van der Waals surface area (Å²) in [4.78, 5) is 0. The van der Waals surface area contributed by atoms with Crippen LogP contribution >= 0.6 is 0 Å². The van der Waals surface area contributed by atoms with Crippen molar-refractivity contribution in [1.29, 1.82) is 0 Å². The lowest BCUT2D eigenvalue weighted by Gasteiger charge is -2.04. The molecule has 1 aromatic heterocycles. The van der Waals surface area contributed by atoms with Crippen molar-refractivity contribution in [2.45, 2.75) is 19.8 Å². The number of hydrogen-bond donors (Lipinski definition) is 2. The van der Waals surface area contributed by atoms with Crippen LogP contribution in [0.2, 0.25) is 0 Å². The highest BCUT2D eigenvalue weighted by Crippen LogP contribution is 2.14. The predicted octanol–water partition coefficient (Wildman–Crippen LogP) is 2.09. The van der Waals surface area contributed by atoms with Crippen molar-refractivity contribution >= 4 is 5.84 Å². The van der Waals surface area contributed by atoms with Gasteiger partial charge in [0.15, 0.2) is 5.84 Å². The largest absolute Gasteiger partial charge is 0.409 e. The first-order chi connectivity index (χ1) is 8.61. The van der Waals surface area contributed by atoms with Gasteiger partial charge >= 0.3 is 0 Å². The van der Waals surface area contributed by atoms with Crippen LogP contribution in [-0.4, -0.2) is 20.8 Å². The molecule has 5 heteroatoms. The van der Waals surface area contributed by atoms with Crippen LogP contribution in [0.1, 0.15) is 31.0 Å². The van der Waals surface area contributed by atoms with Crippen molar-refractivity contribution in [3.05, 3.63) is 47.8 Å². The number of amidine groups is 1. The monoisotopic (exact) mass is 244 g/mol. The Hall–Kier alpha value is -2.30. The van der Waals surface area contributed by atoms with Crippen molar-refractivity contribution in [3.63, 3.8) is 0 Å². The van der Waals surface area contributed by atoms with E-state index in [1.807, 2.05) is 29.1 Å². The maximum atomic E-state index is 8.58. The molecule has 94 valence electrons. The smallest absolute Gasteiger partial charge is 0.170 e. The minimum absolute atomic E-state index is 0.102. The molecule has 0 aliphatic carbocycles. The highest BCUT2D eigenvalue weighted by atomic mass is 16.4. The van der Waals surface area contributed by atoms with Gasteiger partial charge in [-0.15, -0.1) is 0 Å². The normalized spacial score (nSPS) is 12.1. The highest BCUT2D eigenvalue weighted by molar-refractivity contribution is 5.97. The van der Waals surface area contributed by atoms with Gasteiger partial charge in [-0.2, -0.15) is 5.10 Å². The van der Waals surface area contributed by atoms with E-state index < -0.39 is 0 Å². The molecule has 1 heterocycles. The van der Waals surface area contributed by atoms with Gasteiger partial charge in [-0.1, -0.05) is 19.0 Å². The molecule has 0 aliphatic rings. The predicted molar refractivity (Wildman–Crippen MR) is 70.2 cm³/mol. The van der Waals surface area contributed by atoms with Gasteiger partial charge in [-0.25, -0.2) is 4.68 Å². The lowest BCUT2D eigenvalue weighted by molar-refractivity contribution is 0.318. The van der Waals surface area contributed by atoms with Crippen LogP contribution in [0.3, 0.4) is 0 Å². The zero-order valence-electron chi connectivity index (χ0n) is 10.4. The summed E-state index contributed by atoms with van der Waals surface area (Å²) in [6.45, 7) is 4.21. The van der Waals surface area contributed by atoms with Crippen LogP contribution in [-0.2, 0) is 0 Å². The Bertz CT molecular complexity index is 555. The highest BCUT2D eigenvalue weighted by Gasteiger charge is 2.05. The average Bonchev–Trinajstić information content (AvgIpc) is 2.88. The second-order valence-corrected chi connectivity index (χ2v) is 4.37. The zero-order chi connectivity index (χ0) is 13.1. The summed E-state index contributed by atoms with van der Waals surface area (Å²) in [6.07, 6.45) is 1.92. The molecule has 0 saturated heterocycles. The minimum Gasteiger partial charge on any atom is -0.409 e. The van der Waals surface area contributed by atoms with Crippen LogP contribution in [0, 0.1) is 0 Å². The average molecular weight is 244 g/mol. The third kappa shape index (κ3) is 2.34. The first kappa shape index (κ1) is 12.2. The molecule has 0 radical (unpaired) electrons. The molecule has 0 atom stereocenters. The summed E-state index contributed by atoms with van der Waals surface area (Å²) >= 11 is 0. The summed E-state index contributed by atoms with van der Waals surface area (Å²) in [5.41, 5.74) is 8.18. The second kappa shape index (κ2) is 4.91. The van der Waals surface area contributed by atoms with E-state index in [4.69, 9.17) is 10.9 Å². The van der Waals surface area contributed by atoms with Gasteiger partial charge in [0.1, 0.15) is 0 Å². The Morgan fingerprint density at radius 2 is 1.94 bits per heavy atom. The summed E-state index contributed by atoms with van der Waals surface area (Å²) in [6, 6.07) is 9.35. The Kier molecular flexibility index (Phi) is 3.32. The summed E-state index contributed by atoms with van der Waals surface area (Å²) in [7, 11) is 0. The van der Waals surface area contributed by atoms with Crippen molar-refractivity contribution in [1.82, 2.24) is 9.78 Å². The summed E-state index contributed by atoms with van der Waals surface area (Å²) in [5, 5.41) is 16.0. The molecular weight excluding hydrogens is 228 g/mol. The molecule has 0 amide bonds. The van der Waals surface area contributed by atoms with Gasteiger partial charge in [0.2, 0.25) is 0 Å². The number of nitrogens with zero attached hydrogens (tertiary/aromatic N) is 3. The van der Waals surface area contributed by atoms with Crippen LogP contribution < -0.4 is 5.73 Å². The van der Waals surface area contributed by atoms with E-state index in [9.17, 15) is 0 Å². The van der Waals surface area contributed by atoms with Crippen LogP contribution in [0.25, 0.3) is 5.69 Å². The van der Waals surface area contributed by atoms with E-state index in [1.54, 1.807) is 12.1 Å². The van der Waals surface area contributed by atoms with E-state index in [-0.39, 0.29) is 5.84 Å². The molecule has 0 fully saturated rings. The fourth-order valence-electron chi connectivity index (χ4n) is 1.63. The van der Waals surface area contributed by atoms with Gasteiger partial charge in [-0.05, 0) is 36.2 Å². The zero-order valence-corrected chi connectivity index (χ0v) is 10.4. The van der Waals surface area contributed by atoms with E-state index >= 15 is 0 Å². The van der Waals surface area contributed by atoms with Crippen LogP contribution in [0.5, 0.6) is 0 Å². The van der Waals surface area contributed by atoms with Gasteiger partial charge < -0.3 is 10.9 Å². The Morgan fingerprint density at radius 3 is 2.44 bits per heavy atom. The third-order valence-corrected chi connectivity index (χ3v) is 2.74. The topological polar surface area (TPSA) is 76.4 Å². The van der Waals surface area contributed by atoms with Crippen LogP contribution in [0.15, 0.2) is 41.7 Å². The van der Waals surface area contributed by atoms with Crippen molar-refractivity contribution in [2.24, 2.45) is 10.9 Å². The fourth-order valence-corrected chi connectivity index (χ4v) is 1.63. The van der Waals surface area contributed by atoms with E-state index in [0.717, 1.165) is 11.4 Å². The molecule has 0 aliphatic heterocycles. The molecule has 2 rings (SSSR count). The molecule has 2 aromatic rings. The number of benzene rings is 1. The second-order valence-electron chi connectivity index (χ2n) is 4.37. The lowest BCUT2D eigenvalue weighted by atomic mass is 10.1. The number of oxime groups is 1. The number of aromatic nitrogens is 2.